The Balaban J connectivity index is 0.000000240. The number of carboxylic acid groups (broad SMARTS) is 1. The van der Waals surface area contributed by atoms with Crippen molar-refractivity contribution >= 4 is 35.5 Å². The second-order valence-electron chi connectivity index (χ2n) is 8.57. The minimum absolute atomic E-state index is 0. The summed E-state index contributed by atoms with van der Waals surface area (Å²) in [5.74, 6) is -0.833. The molecule has 3 nitrogen and oxygen atoms in total. The molecule has 0 aromatic heterocycles. The van der Waals surface area contributed by atoms with Gasteiger partial charge in [0.1, 0.15) is 15.9 Å². The molecule has 0 aliphatic rings. The van der Waals surface area contributed by atoms with Crippen LogP contribution in [0, 0.1) is 6.07 Å². The molecule has 0 bridgehead atoms. The van der Waals surface area contributed by atoms with Crippen molar-refractivity contribution in [2.24, 2.45) is 0 Å². The molecule has 0 aliphatic heterocycles. The van der Waals surface area contributed by atoms with Crippen LogP contribution in [-0.4, -0.2) is 18.1 Å². The molecule has 0 radical (unpaired) electrons. The number of nitrogens with zero attached hydrogens (tertiary/aromatic N) is 1. The van der Waals surface area contributed by atoms with Gasteiger partial charge in [0.15, 0.2) is 0 Å². The first-order valence-electron chi connectivity index (χ1n) is 12.5. The molecular formula is C34H34NO2PPd+2. The standard InChI is InChI=1S/C18H15P.C14H14N.C2H4O2.Pd/c1-4-10-16(11-5-1)19(17-12-6-2-7-13-17)18-14-8-3-9-15-18;1-15(14-10-6-3-7-11-14)12-13-8-4-2-5-9-13;1-2(3)4;/h1-15H;2-8,10-11H,12H2,1H3;1H3,(H,3,4);/q;-1;;+2/p+1. The SMILES string of the molecule is CC(=O)O.CN(Cc1[c-]cccc1)c1ccccc1.[Pd+2].c1ccc([PH+](c2ccccc2)c2ccccc2)cc1. The van der Waals surface area contributed by atoms with Crippen LogP contribution in [0.3, 0.4) is 0 Å². The largest absolute Gasteiger partial charge is 2.00 e. The first-order chi connectivity index (χ1) is 18.5. The van der Waals surface area contributed by atoms with E-state index in [0.717, 1.165) is 13.5 Å². The topological polar surface area (TPSA) is 40.5 Å². The summed E-state index contributed by atoms with van der Waals surface area (Å²) >= 11 is 0. The molecule has 200 valence electrons. The van der Waals surface area contributed by atoms with E-state index in [0.29, 0.717) is 0 Å². The van der Waals surface area contributed by atoms with E-state index in [1.165, 1.54) is 27.2 Å². The van der Waals surface area contributed by atoms with E-state index in [-0.39, 0.29) is 20.4 Å². The third-order valence-corrected chi connectivity index (χ3v) is 8.30. The zero-order valence-corrected chi connectivity index (χ0v) is 24.7. The molecule has 1 N–H and O–H groups in total. The molecule has 0 unspecified atom stereocenters. The maximum Gasteiger partial charge on any atom is 2.00 e. The van der Waals surface area contributed by atoms with Crippen LogP contribution in [0.2, 0.25) is 0 Å². The van der Waals surface area contributed by atoms with Gasteiger partial charge in [-0.2, -0.15) is 30.3 Å². The number of carboxylic acids is 1. The van der Waals surface area contributed by atoms with Gasteiger partial charge in [-0.15, -0.1) is 5.56 Å². The van der Waals surface area contributed by atoms with Crippen molar-refractivity contribution < 1.29 is 30.3 Å². The number of hydrogen-bond acceptors (Lipinski definition) is 2. The number of hydrogen-bond donors (Lipinski definition) is 1. The van der Waals surface area contributed by atoms with Crippen molar-refractivity contribution in [3.05, 3.63) is 157 Å². The van der Waals surface area contributed by atoms with Gasteiger partial charge in [0, 0.05) is 26.2 Å². The van der Waals surface area contributed by atoms with E-state index >= 15 is 0 Å². The number of carbonyl (C=O) groups is 1. The van der Waals surface area contributed by atoms with E-state index in [9.17, 15) is 0 Å². The molecule has 0 amide bonds. The molecule has 0 saturated heterocycles. The van der Waals surface area contributed by atoms with Crippen molar-refractivity contribution in [1.82, 2.24) is 0 Å². The minimum atomic E-state index is -0.877. The Hall–Kier alpha value is -3.54. The summed E-state index contributed by atoms with van der Waals surface area (Å²) in [6.07, 6.45) is 0. The van der Waals surface area contributed by atoms with Crippen LogP contribution in [0.15, 0.2) is 146 Å². The van der Waals surface area contributed by atoms with Crippen LogP contribution >= 0.6 is 7.92 Å². The smallest absolute Gasteiger partial charge is 0.481 e. The Morgan fingerprint density at radius 1 is 0.667 bits per heavy atom. The zero-order chi connectivity index (χ0) is 27.0. The average Bonchev–Trinajstić information content (AvgIpc) is 2.96. The van der Waals surface area contributed by atoms with Crippen LogP contribution < -0.4 is 20.8 Å². The summed E-state index contributed by atoms with van der Waals surface area (Å²) in [6.45, 7) is 1.98. The monoisotopic (exact) mass is 625 g/mol. The van der Waals surface area contributed by atoms with Gasteiger partial charge < -0.3 is 10.0 Å². The molecule has 5 aromatic rings. The normalized spacial score (nSPS) is 9.62. The average molecular weight is 626 g/mol. The summed E-state index contributed by atoms with van der Waals surface area (Å²) in [4.78, 5) is 11.2. The molecule has 5 aromatic carbocycles. The quantitative estimate of drug-likeness (QED) is 0.135. The fraction of sp³-hybridized carbons (Fsp3) is 0.0882. The second-order valence-corrected chi connectivity index (χ2v) is 11.1. The molecule has 0 heterocycles. The molecular weight excluding hydrogens is 592 g/mol. The third kappa shape index (κ3) is 11.4. The van der Waals surface area contributed by atoms with Gasteiger partial charge in [-0.05, 0) is 48.5 Å². The first kappa shape index (κ1) is 31.7. The predicted octanol–water partition coefficient (Wildman–Crippen LogP) is 6.39. The van der Waals surface area contributed by atoms with Gasteiger partial charge >= 0.3 is 20.4 Å². The van der Waals surface area contributed by atoms with Crippen molar-refractivity contribution in [2.75, 3.05) is 11.9 Å². The molecule has 39 heavy (non-hydrogen) atoms. The second kappa shape index (κ2) is 17.9. The summed E-state index contributed by atoms with van der Waals surface area (Å²) in [6, 6.07) is 54.2. The molecule has 5 heteroatoms. The van der Waals surface area contributed by atoms with Crippen molar-refractivity contribution in [2.45, 2.75) is 13.5 Å². The number of aliphatic carboxylic acids is 1. The Kier molecular flexibility index (Phi) is 14.5. The Morgan fingerprint density at radius 3 is 1.38 bits per heavy atom. The maximum absolute atomic E-state index is 9.00. The zero-order valence-electron chi connectivity index (χ0n) is 22.2. The van der Waals surface area contributed by atoms with Crippen LogP contribution in [-0.2, 0) is 31.8 Å². The summed E-state index contributed by atoms with van der Waals surface area (Å²) < 4.78 is 0. The number of anilines is 1. The van der Waals surface area contributed by atoms with E-state index in [2.05, 4.69) is 139 Å². The van der Waals surface area contributed by atoms with Gasteiger partial charge in [-0.1, -0.05) is 72.8 Å². The van der Waals surface area contributed by atoms with Crippen molar-refractivity contribution in [1.29, 1.82) is 0 Å². The number of rotatable bonds is 6. The Labute approximate surface area is 247 Å². The van der Waals surface area contributed by atoms with Gasteiger partial charge in [0.05, 0.1) is 7.92 Å². The van der Waals surface area contributed by atoms with Crippen molar-refractivity contribution in [3.63, 3.8) is 0 Å². The first-order valence-corrected chi connectivity index (χ1v) is 14.0. The maximum atomic E-state index is 9.00. The minimum Gasteiger partial charge on any atom is -0.481 e. The molecule has 0 atom stereocenters. The molecule has 0 saturated carbocycles. The van der Waals surface area contributed by atoms with Gasteiger partial charge in [-0.3, -0.25) is 4.79 Å². The van der Waals surface area contributed by atoms with E-state index < -0.39 is 13.9 Å². The summed E-state index contributed by atoms with van der Waals surface area (Å²) in [7, 11) is 1.22. The van der Waals surface area contributed by atoms with Gasteiger partial charge in [0.2, 0.25) is 0 Å². The number of benzene rings is 5. The number of para-hydroxylation sites is 1. The fourth-order valence-electron chi connectivity index (χ4n) is 3.87. The third-order valence-electron chi connectivity index (χ3n) is 5.57. The molecule has 0 fully saturated rings. The predicted molar refractivity (Wildman–Crippen MR) is 164 cm³/mol. The van der Waals surface area contributed by atoms with Crippen LogP contribution in [0.1, 0.15) is 12.5 Å². The van der Waals surface area contributed by atoms with Gasteiger partial charge in [-0.25, -0.2) is 0 Å². The van der Waals surface area contributed by atoms with E-state index in [1.54, 1.807) is 0 Å². The van der Waals surface area contributed by atoms with Crippen molar-refractivity contribution in [3.8, 4) is 0 Å². The molecule has 0 aliphatic carbocycles. The summed E-state index contributed by atoms with van der Waals surface area (Å²) in [5, 5.41) is 11.7. The summed E-state index contributed by atoms with van der Waals surface area (Å²) in [5.41, 5.74) is 2.44. The molecule has 5 rings (SSSR count). The Bertz CT molecular complexity index is 1220. The van der Waals surface area contributed by atoms with E-state index in [1.807, 2.05) is 24.3 Å². The molecule has 0 spiro atoms. The van der Waals surface area contributed by atoms with Crippen LogP contribution in [0.5, 0.6) is 0 Å². The Morgan fingerprint density at radius 2 is 1.03 bits per heavy atom. The van der Waals surface area contributed by atoms with Crippen LogP contribution in [0.25, 0.3) is 0 Å². The fourth-order valence-corrected chi connectivity index (χ4v) is 6.45. The van der Waals surface area contributed by atoms with E-state index in [4.69, 9.17) is 9.90 Å². The van der Waals surface area contributed by atoms with Gasteiger partial charge in [0.25, 0.3) is 5.97 Å². The van der Waals surface area contributed by atoms with Crippen LogP contribution in [0.4, 0.5) is 5.69 Å².